The van der Waals surface area contributed by atoms with E-state index in [2.05, 4.69) is 0 Å². The SMILES string of the molecule is COc1ccccc1N(c1ccccc1OC)C(CCl)N=C1C(=O)N(C)C(=O)N1c1ccccc1Cl. The summed E-state index contributed by atoms with van der Waals surface area (Å²) < 4.78 is 11.2. The Morgan fingerprint density at radius 3 is 1.94 bits per heavy atom. The van der Waals surface area contributed by atoms with Crippen LogP contribution >= 0.6 is 23.2 Å². The molecule has 0 bridgehead atoms. The first-order chi connectivity index (χ1) is 17.4. The minimum atomic E-state index is -0.831. The van der Waals surface area contributed by atoms with Crippen LogP contribution in [0, 0.1) is 0 Å². The maximum absolute atomic E-state index is 13.2. The van der Waals surface area contributed by atoms with Crippen LogP contribution in [0.1, 0.15) is 0 Å². The normalized spacial score (nSPS) is 15.4. The third-order valence-electron chi connectivity index (χ3n) is 5.68. The third-order valence-corrected chi connectivity index (χ3v) is 6.27. The molecule has 1 saturated heterocycles. The standard InChI is InChI=1S/C26H24Cl2N4O4/c1-30-25(33)24(32(26(30)34)18-11-5-4-10-17(18)28)29-23(16-27)31(19-12-6-8-14-21(19)35-2)20-13-7-9-15-22(20)36-3/h4-15,23H,16H2,1-3H3. The Balaban J connectivity index is 1.92. The number of ether oxygens (including phenoxy) is 2. The van der Waals surface area contributed by atoms with Gasteiger partial charge in [-0.25, -0.2) is 14.7 Å². The Morgan fingerprint density at radius 1 is 0.889 bits per heavy atom. The Bertz CT molecular complexity index is 1270. The van der Waals surface area contributed by atoms with Gasteiger partial charge in [0.1, 0.15) is 17.7 Å². The van der Waals surface area contributed by atoms with E-state index in [0.29, 0.717) is 33.6 Å². The number of nitrogens with zero attached hydrogens (tertiary/aromatic N) is 4. The smallest absolute Gasteiger partial charge is 0.337 e. The van der Waals surface area contributed by atoms with E-state index < -0.39 is 18.1 Å². The quantitative estimate of drug-likeness (QED) is 0.284. The van der Waals surface area contributed by atoms with Gasteiger partial charge in [0.05, 0.1) is 42.2 Å². The lowest BCUT2D eigenvalue weighted by molar-refractivity contribution is -0.119. The van der Waals surface area contributed by atoms with Crippen molar-refractivity contribution in [3.8, 4) is 11.5 Å². The summed E-state index contributed by atoms with van der Waals surface area (Å²) in [7, 11) is 4.52. The lowest BCUT2D eigenvalue weighted by atomic mass is 10.2. The summed E-state index contributed by atoms with van der Waals surface area (Å²) in [4.78, 5) is 35.0. The van der Waals surface area contributed by atoms with Gasteiger partial charge in [-0.3, -0.25) is 9.69 Å². The maximum atomic E-state index is 13.2. The number of urea groups is 1. The molecule has 3 aromatic rings. The Labute approximate surface area is 219 Å². The van der Waals surface area contributed by atoms with Crippen LogP contribution in [0.3, 0.4) is 0 Å². The number of halogens is 2. The van der Waals surface area contributed by atoms with Gasteiger partial charge in [-0.15, -0.1) is 11.6 Å². The second-order valence-corrected chi connectivity index (χ2v) is 8.45. The number of anilines is 3. The van der Waals surface area contributed by atoms with Crippen LogP contribution in [0.15, 0.2) is 77.8 Å². The molecule has 3 amide bonds. The van der Waals surface area contributed by atoms with E-state index in [1.165, 1.54) is 11.9 Å². The van der Waals surface area contributed by atoms with Crippen molar-refractivity contribution in [2.24, 2.45) is 4.99 Å². The van der Waals surface area contributed by atoms with E-state index in [1.807, 2.05) is 53.4 Å². The zero-order valence-electron chi connectivity index (χ0n) is 19.9. The van der Waals surface area contributed by atoms with Gasteiger partial charge in [0, 0.05) is 7.05 Å². The second-order valence-electron chi connectivity index (χ2n) is 7.73. The number of methoxy groups -OCH3 is 2. The van der Waals surface area contributed by atoms with Crippen molar-refractivity contribution in [3.05, 3.63) is 77.8 Å². The Kier molecular flexibility index (Phi) is 7.67. The lowest BCUT2D eigenvalue weighted by Crippen LogP contribution is -2.37. The Morgan fingerprint density at radius 2 is 1.42 bits per heavy atom. The van der Waals surface area contributed by atoms with Gasteiger partial charge in [-0.2, -0.15) is 0 Å². The molecule has 0 spiro atoms. The summed E-state index contributed by atoms with van der Waals surface area (Å²) >= 11 is 12.9. The molecule has 36 heavy (non-hydrogen) atoms. The molecule has 1 aliphatic heterocycles. The topological polar surface area (TPSA) is 74.7 Å². The molecule has 1 atom stereocenters. The zero-order chi connectivity index (χ0) is 25.8. The Hall–Kier alpha value is -3.75. The van der Waals surface area contributed by atoms with Crippen molar-refractivity contribution >= 4 is 58.0 Å². The number of para-hydroxylation sites is 5. The van der Waals surface area contributed by atoms with Crippen LogP contribution in [0.2, 0.25) is 5.02 Å². The molecular weight excluding hydrogens is 503 g/mol. The molecule has 8 nitrogen and oxygen atoms in total. The van der Waals surface area contributed by atoms with Crippen molar-refractivity contribution in [1.82, 2.24) is 4.90 Å². The highest BCUT2D eigenvalue weighted by atomic mass is 35.5. The second kappa shape index (κ2) is 10.9. The molecule has 0 aliphatic carbocycles. The number of amides is 3. The third kappa shape index (κ3) is 4.57. The maximum Gasteiger partial charge on any atom is 0.337 e. The number of likely N-dealkylation sites (N-methyl/N-ethyl adjacent to an activating group) is 1. The average molecular weight is 527 g/mol. The molecule has 1 heterocycles. The van der Waals surface area contributed by atoms with E-state index in [9.17, 15) is 9.59 Å². The summed E-state index contributed by atoms with van der Waals surface area (Å²) in [6.45, 7) is 0. The number of benzene rings is 3. The molecule has 3 aromatic carbocycles. The van der Waals surface area contributed by atoms with Crippen molar-refractivity contribution in [2.75, 3.05) is 36.9 Å². The predicted molar refractivity (Wildman–Crippen MR) is 142 cm³/mol. The van der Waals surface area contributed by atoms with Crippen molar-refractivity contribution < 1.29 is 19.1 Å². The van der Waals surface area contributed by atoms with E-state index in [0.717, 1.165) is 4.90 Å². The first kappa shape index (κ1) is 25.3. The highest BCUT2D eigenvalue weighted by molar-refractivity contribution is 6.55. The molecular formula is C26H24Cl2N4O4. The number of hydrogen-bond acceptors (Lipinski definition) is 6. The summed E-state index contributed by atoms with van der Waals surface area (Å²) in [5.41, 5.74) is 1.64. The predicted octanol–water partition coefficient (Wildman–Crippen LogP) is 5.56. The van der Waals surface area contributed by atoms with E-state index in [4.69, 9.17) is 37.7 Å². The molecule has 0 radical (unpaired) electrons. The molecule has 1 fully saturated rings. The number of rotatable bonds is 8. The number of alkyl halides is 1. The highest BCUT2D eigenvalue weighted by Gasteiger charge is 2.43. The molecule has 1 aliphatic rings. The van der Waals surface area contributed by atoms with Crippen LogP contribution in [-0.2, 0) is 4.79 Å². The van der Waals surface area contributed by atoms with E-state index in [-0.39, 0.29) is 11.7 Å². The molecule has 186 valence electrons. The number of carbonyl (C=O) groups is 2. The van der Waals surface area contributed by atoms with Crippen LogP contribution in [0.4, 0.5) is 21.9 Å². The molecule has 0 saturated carbocycles. The summed E-state index contributed by atoms with van der Waals surface area (Å²) in [6, 6.07) is 20.9. The monoisotopic (exact) mass is 526 g/mol. The number of carbonyl (C=O) groups excluding carboxylic acids is 2. The van der Waals surface area contributed by atoms with Crippen molar-refractivity contribution in [3.63, 3.8) is 0 Å². The summed E-state index contributed by atoms with van der Waals surface area (Å²) in [5, 5.41) is 0.301. The number of amidine groups is 1. The summed E-state index contributed by atoms with van der Waals surface area (Å²) in [5.74, 6) is 0.424. The molecule has 10 heteroatoms. The van der Waals surface area contributed by atoms with Gasteiger partial charge in [-0.05, 0) is 36.4 Å². The fourth-order valence-corrected chi connectivity index (χ4v) is 4.37. The number of aliphatic imine (C=N–C) groups is 1. The lowest BCUT2D eigenvalue weighted by Gasteiger charge is -2.32. The molecule has 0 aromatic heterocycles. The zero-order valence-corrected chi connectivity index (χ0v) is 21.4. The van der Waals surface area contributed by atoms with E-state index >= 15 is 0 Å². The van der Waals surface area contributed by atoms with Crippen LogP contribution in [-0.4, -0.2) is 56.0 Å². The van der Waals surface area contributed by atoms with Gasteiger partial charge >= 0.3 is 6.03 Å². The van der Waals surface area contributed by atoms with Crippen LogP contribution in [0.5, 0.6) is 11.5 Å². The molecule has 0 N–H and O–H groups in total. The largest absolute Gasteiger partial charge is 0.495 e. The summed E-state index contributed by atoms with van der Waals surface area (Å²) in [6.07, 6.45) is -0.831. The van der Waals surface area contributed by atoms with Crippen LogP contribution < -0.4 is 19.3 Å². The van der Waals surface area contributed by atoms with E-state index in [1.54, 1.807) is 38.5 Å². The first-order valence-electron chi connectivity index (χ1n) is 11.0. The number of imide groups is 1. The van der Waals surface area contributed by atoms with Crippen molar-refractivity contribution in [1.29, 1.82) is 0 Å². The van der Waals surface area contributed by atoms with Gasteiger partial charge in [-0.1, -0.05) is 48.0 Å². The first-order valence-corrected chi connectivity index (χ1v) is 11.9. The highest BCUT2D eigenvalue weighted by Crippen LogP contribution is 2.41. The molecule has 4 rings (SSSR count). The minimum Gasteiger partial charge on any atom is -0.495 e. The number of hydrogen-bond donors (Lipinski definition) is 0. The van der Waals surface area contributed by atoms with Gasteiger partial charge in [0.25, 0.3) is 5.91 Å². The van der Waals surface area contributed by atoms with Crippen molar-refractivity contribution in [2.45, 2.75) is 6.17 Å². The molecule has 1 unspecified atom stereocenters. The fraction of sp³-hybridized carbons (Fsp3) is 0.192. The minimum absolute atomic E-state index is 0.0266. The van der Waals surface area contributed by atoms with Gasteiger partial charge in [0.2, 0.25) is 5.84 Å². The van der Waals surface area contributed by atoms with Gasteiger partial charge in [0.15, 0.2) is 0 Å². The van der Waals surface area contributed by atoms with Crippen LogP contribution in [0.25, 0.3) is 0 Å². The fourth-order valence-electron chi connectivity index (χ4n) is 3.95. The average Bonchev–Trinajstić information content (AvgIpc) is 3.12. The van der Waals surface area contributed by atoms with Gasteiger partial charge < -0.3 is 14.4 Å².